The molecule has 2 fully saturated rings. The number of aliphatic hydroxyl groups excluding tert-OH is 7. The molecular formula is C42H76O15. The highest BCUT2D eigenvalue weighted by molar-refractivity contribution is 5.70. The molecule has 2 saturated heterocycles. The van der Waals surface area contributed by atoms with Crippen LogP contribution in [0, 0.1) is 0 Å². The van der Waals surface area contributed by atoms with E-state index in [1.54, 1.807) is 0 Å². The van der Waals surface area contributed by atoms with Crippen LogP contribution in [0.2, 0.25) is 0 Å². The Bertz CT molecular complexity index is 1060. The summed E-state index contributed by atoms with van der Waals surface area (Å²) in [4.78, 5) is 25.4. The predicted molar refractivity (Wildman–Crippen MR) is 211 cm³/mol. The third-order valence-electron chi connectivity index (χ3n) is 10.5. The Balaban J connectivity index is 1.87. The lowest BCUT2D eigenvalue weighted by molar-refractivity contribution is -0.332. The molecule has 334 valence electrons. The molecule has 0 aromatic carbocycles. The number of rotatable bonds is 32. The molecule has 0 saturated carbocycles. The molecule has 0 aromatic rings. The minimum absolute atomic E-state index is 0.164. The highest BCUT2D eigenvalue weighted by atomic mass is 16.7. The molecular weight excluding hydrogens is 744 g/mol. The van der Waals surface area contributed by atoms with E-state index in [2.05, 4.69) is 26.0 Å². The Morgan fingerprint density at radius 1 is 0.544 bits per heavy atom. The molecule has 15 nitrogen and oxygen atoms in total. The van der Waals surface area contributed by atoms with E-state index in [0.717, 1.165) is 44.9 Å². The van der Waals surface area contributed by atoms with Gasteiger partial charge in [-0.15, -0.1) is 0 Å². The molecule has 0 spiro atoms. The van der Waals surface area contributed by atoms with Gasteiger partial charge in [0.05, 0.1) is 19.8 Å². The van der Waals surface area contributed by atoms with Crippen LogP contribution in [0.1, 0.15) is 149 Å². The lowest BCUT2D eigenvalue weighted by Gasteiger charge is -2.42. The maximum atomic E-state index is 12.8. The van der Waals surface area contributed by atoms with E-state index < -0.39 is 92.7 Å². The molecule has 2 aliphatic rings. The molecule has 11 atom stereocenters. The minimum Gasteiger partial charge on any atom is -0.462 e. The van der Waals surface area contributed by atoms with Crippen LogP contribution < -0.4 is 0 Å². The number of aliphatic hydroxyl groups is 7. The van der Waals surface area contributed by atoms with Crippen molar-refractivity contribution in [2.45, 2.75) is 216 Å². The van der Waals surface area contributed by atoms with Gasteiger partial charge in [0.15, 0.2) is 18.7 Å². The Morgan fingerprint density at radius 2 is 1.00 bits per heavy atom. The fourth-order valence-corrected chi connectivity index (χ4v) is 6.80. The zero-order valence-corrected chi connectivity index (χ0v) is 34.6. The van der Waals surface area contributed by atoms with Gasteiger partial charge in [-0.1, -0.05) is 109 Å². The molecule has 2 aliphatic heterocycles. The first kappa shape index (κ1) is 51.4. The molecule has 15 heteroatoms. The summed E-state index contributed by atoms with van der Waals surface area (Å²) in [6.45, 7) is 2.50. The topological polar surface area (TPSA) is 231 Å². The van der Waals surface area contributed by atoms with E-state index >= 15 is 0 Å². The van der Waals surface area contributed by atoms with Crippen molar-refractivity contribution in [1.82, 2.24) is 0 Å². The predicted octanol–water partition coefficient (Wildman–Crippen LogP) is 3.87. The fourth-order valence-electron chi connectivity index (χ4n) is 6.80. The van der Waals surface area contributed by atoms with Crippen molar-refractivity contribution >= 4 is 11.9 Å². The first-order valence-electron chi connectivity index (χ1n) is 21.8. The number of allylic oxidation sites excluding steroid dienone is 2. The smallest absolute Gasteiger partial charge is 0.306 e. The van der Waals surface area contributed by atoms with Gasteiger partial charge < -0.3 is 64.2 Å². The molecule has 0 aliphatic carbocycles. The summed E-state index contributed by atoms with van der Waals surface area (Å²) in [5, 5.41) is 71.6. The van der Waals surface area contributed by atoms with Crippen molar-refractivity contribution in [2.24, 2.45) is 0 Å². The Labute approximate surface area is 340 Å². The van der Waals surface area contributed by atoms with Crippen LogP contribution in [0.4, 0.5) is 0 Å². The number of hydrogen-bond donors (Lipinski definition) is 7. The molecule has 7 N–H and O–H groups in total. The molecule has 57 heavy (non-hydrogen) atoms. The van der Waals surface area contributed by atoms with Crippen molar-refractivity contribution in [3.63, 3.8) is 0 Å². The second kappa shape index (κ2) is 31.2. The average Bonchev–Trinajstić information content (AvgIpc) is 3.20. The minimum atomic E-state index is -1.76. The van der Waals surface area contributed by atoms with Crippen LogP contribution in [-0.2, 0) is 38.0 Å². The second-order valence-corrected chi connectivity index (χ2v) is 15.5. The normalized spacial score (nSPS) is 28.4. The van der Waals surface area contributed by atoms with E-state index in [1.165, 1.54) is 64.2 Å². The summed E-state index contributed by atoms with van der Waals surface area (Å²) in [6, 6.07) is 0. The molecule has 0 radical (unpaired) electrons. The number of carbonyl (C=O) groups is 2. The first-order chi connectivity index (χ1) is 27.5. The van der Waals surface area contributed by atoms with Gasteiger partial charge in [-0.3, -0.25) is 9.59 Å². The number of esters is 2. The highest BCUT2D eigenvalue weighted by Crippen LogP contribution is 2.26. The maximum Gasteiger partial charge on any atom is 0.306 e. The van der Waals surface area contributed by atoms with Gasteiger partial charge in [0.2, 0.25) is 0 Å². The van der Waals surface area contributed by atoms with Crippen LogP contribution in [0.3, 0.4) is 0 Å². The largest absolute Gasteiger partial charge is 0.462 e. The summed E-state index contributed by atoms with van der Waals surface area (Å²) in [5.41, 5.74) is 0. The van der Waals surface area contributed by atoms with Gasteiger partial charge in [-0.2, -0.15) is 0 Å². The summed E-state index contributed by atoms with van der Waals surface area (Å²) in [7, 11) is 0. The molecule has 0 aromatic heterocycles. The quantitative estimate of drug-likeness (QED) is 0.0290. The highest BCUT2D eigenvalue weighted by Gasteiger charge is 2.47. The second-order valence-electron chi connectivity index (χ2n) is 15.5. The number of ether oxygens (including phenoxy) is 6. The summed E-state index contributed by atoms with van der Waals surface area (Å²) in [5.74, 6) is -0.947. The standard InChI is InChI=1S/C42H76O15/c1-3-5-7-9-11-13-14-15-16-17-19-20-22-24-33(44)52-27-30(55-34(45)25-23-21-18-12-10-8-6-4-2)28-53-41-40(51)38(49)36(47)32(57-41)29-54-42-39(50)37(48)35(46)31(26-43)56-42/h15-16,30-32,35-43,46-51H,3-14,17-29H2,1-2H3/b16-15+/t30-,31-,32-,35+,36+,37?,38?,39?,40?,41-,42-/m1/s1. The van der Waals surface area contributed by atoms with Crippen molar-refractivity contribution in [1.29, 1.82) is 0 Å². The van der Waals surface area contributed by atoms with Gasteiger partial charge in [-0.05, 0) is 38.5 Å². The Kier molecular flexibility index (Phi) is 28.1. The summed E-state index contributed by atoms with van der Waals surface area (Å²) in [6.07, 6.45) is 8.55. The summed E-state index contributed by atoms with van der Waals surface area (Å²) >= 11 is 0. The zero-order chi connectivity index (χ0) is 41.8. The van der Waals surface area contributed by atoms with Gasteiger partial charge >= 0.3 is 11.9 Å². The molecule has 2 heterocycles. The van der Waals surface area contributed by atoms with E-state index in [-0.39, 0.29) is 26.1 Å². The third kappa shape index (κ3) is 20.9. The fraction of sp³-hybridized carbons (Fsp3) is 0.905. The van der Waals surface area contributed by atoms with Crippen molar-refractivity contribution in [2.75, 3.05) is 26.4 Å². The van der Waals surface area contributed by atoms with Crippen molar-refractivity contribution in [3.8, 4) is 0 Å². The van der Waals surface area contributed by atoms with Crippen LogP contribution in [0.5, 0.6) is 0 Å². The average molecular weight is 821 g/mol. The number of hydrogen-bond acceptors (Lipinski definition) is 15. The number of unbranched alkanes of at least 4 members (excludes halogenated alkanes) is 16. The van der Waals surface area contributed by atoms with Crippen LogP contribution >= 0.6 is 0 Å². The van der Waals surface area contributed by atoms with Crippen LogP contribution in [0.15, 0.2) is 12.2 Å². The Morgan fingerprint density at radius 3 is 1.56 bits per heavy atom. The van der Waals surface area contributed by atoms with Crippen molar-refractivity contribution < 1.29 is 73.8 Å². The molecule has 2 rings (SSSR count). The van der Waals surface area contributed by atoms with E-state index in [0.29, 0.717) is 12.8 Å². The van der Waals surface area contributed by atoms with Crippen molar-refractivity contribution in [3.05, 3.63) is 12.2 Å². The van der Waals surface area contributed by atoms with E-state index in [9.17, 15) is 45.3 Å². The molecule has 0 amide bonds. The van der Waals surface area contributed by atoms with Crippen LogP contribution in [-0.4, -0.2) is 142 Å². The lowest BCUT2D eigenvalue weighted by Crippen LogP contribution is -2.61. The Hall–Kier alpha value is -1.76. The summed E-state index contributed by atoms with van der Waals surface area (Å²) < 4.78 is 33.3. The number of carbonyl (C=O) groups excluding carboxylic acids is 2. The lowest BCUT2D eigenvalue weighted by atomic mass is 9.98. The molecule has 4 unspecified atom stereocenters. The van der Waals surface area contributed by atoms with Crippen LogP contribution in [0.25, 0.3) is 0 Å². The van der Waals surface area contributed by atoms with Gasteiger partial charge in [0, 0.05) is 12.8 Å². The van der Waals surface area contributed by atoms with Gasteiger partial charge in [0.1, 0.15) is 55.4 Å². The third-order valence-corrected chi connectivity index (χ3v) is 10.5. The maximum absolute atomic E-state index is 12.8. The first-order valence-corrected chi connectivity index (χ1v) is 21.8. The zero-order valence-electron chi connectivity index (χ0n) is 34.6. The van der Waals surface area contributed by atoms with Gasteiger partial charge in [-0.25, -0.2) is 0 Å². The van der Waals surface area contributed by atoms with E-state index in [1.807, 2.05) is 0 Å². The monoisotopic (exact) mass is 821 g/mol. The van der Waals surface area contributed by atoms with E-state index in [4.69, 9.17) is 28.4 Å². The molecule has 0 bridgehead atoms. The van der Waals surface area contributed by atoms with Gasteiger partial charge in [0.25, 0.3) is 0 Å². The SMILES string of the molecule is CCCCCCCC/C=C/CCCCCC(=O)OC[C@H](CO[C@@H]1O[C@H](CO[C@@H]2O[C@H](CO)[C@H](O)C(O)C2O)[C@H](O)C(O)C1O)OC(=O)CCCCCCCCCC.